The van der Waals surface area contributed by atoms with Gasteiger partial charge in [0.25, 0.3) is 5.91 Å². The second-order valence-electron chi connectivity index (χ2n) is 8.63. The first kappa shape index (κ1) is 24.0. The molecule has 0 spiro atoms. The number of aryl methyl sites for hydroxylation is 1. The van der Waals surface area contributed by atoms with Crippen molar-refractivity contribution in [2.75, 3.05) is 20.2 Å². The minimum atomic E-state index is -0.722. The Morgan fingerprint density at radius 3 is 2.79 bits per heavy atom. The topological polar surface area (TPSA) is 130 Å². The minimum absolute atomic E-state index is 0.203. The molecule has 1 fully saturated rings. The molecule has 11 nitrogen and oxygen atoms in total. The summed E-state index contributed by atoms with van der Waals surface area (Å²) in [5, 5.41) is 17.0. The summed E-state index contributed by atoms with van der Waals surface area (Å²) in [4.78, 5) is 39.9. The highest BCUT2D eigenvalue weighted by Crippen LogP contribution is 2.26. The number of halogens is 1. The minimum Gasteiger partial charge on any atom is -0.492 e. The van der Waals surface area contributed by atoms with Crippen LogP contribution in [-0.4, -0.2) is 75.9 Å². The number of nitrogens with one attached hydrogen (secondary N) is 3. The molecule has 182 valence electrons. The van der Waals surface area contributed by atoms with E-state index in [2.05, 4.69) is 26.3 Å². The summed E-state index contributed by atoms with van der Waals surface area (Å²) in [6, 6.07) is 3.52. The van der Waals surface area contributed by atoms with Crippen LogP contribution in [0.5, 0.6) is 5.75 Å². The van der Waals surface area contributed by atoms with Gasteiger partial charge in [0.05, 0.1) is 30.4 Å². The molecule has 1 saturated heterocycles. The molecule has 3 N–H and O–H groups in total. The lowest BCUT2D eigenvalue weighted by molar-refractivity contribution is -0.130. The van der Waals surface area contributed by atoms with Crippen LogP contribution in [0.2, 0.25) is 5.02 Å². The van der Waals surface area contributed by atoms with Crippen molar-refractivity contribution in [1.29, 1.82) is 0 Å². The summed E-state index contributed by atoms with van der Waals surface area (Å²) in [6.45, 7) is 3.32. The zero-order chi connectivity index (χ0) is 24.2. The SMILES string of the molecule is C[C@H]1NC(=O)[C@@H]2C[C@@H](CN2C)NC(=O)c2ccc(c(Cl)c2)OCCCn2cc(nn2)CNC1=O. The van der Waals surface area contributed by atoms with Gasteiger partial charge in [-0.2, -0.15) is 0 Å². The number of fused-ring (bicyclic) bond motifs is 11. The lowest BCUT2D eigenvalue weighted by atomic mass is 10.1. The van der Waals surface area contributed by atoms with E-state index in [1.165, 1.54) is 0 Å². The standard InChI is InChI=1S/C22H28ClN7O4/c1-13-20(31)24-10-16-12-30(28-27-16)6-3-7-34-19-5-4-14(8-17(19)23)21(32)26-15-9-18(22(33)25-13)29(2)11-15/h4-5,8,12-13,15,18H,3,6-7,9-11H2,1-2H3,(H,24,31)(H,25,33)(H,26,32)/t13-,15+,18+/m1/s1. The number of hydrogen-bond donors (Lipinski definition) is 3. The molecule has 0 aliphatic carbocycles. The summed E-state index contributed by atoms with van der Waals surface area (Å²) in [6.07, 6.45) is 2.84. The van der Waals surface area contributed by atoms with Crippen molar-refractivity contribution in [2.24, 2.45) is 0 Å². The third-order valence-corrected chi connectivity index (χ3v) is 6.25. The molecule has 0 radical (unpaired) electrons. The van der Waals surface area contributed by atoms with Gasteiger partial charge >= 0.3 is 0 Å². The molecule has 4 heterocycles. The van der Waals surface area contributed by atoms with Gasteiger partial charge in [-0.1, -0.05) is 16.8 Å². The molecule has 12 heteroatoms. The summed E-state index contributed by atoms with van der Waals surface area (Å²) >= 11 is 6.33. The smallest absolute Gasteiger partial charge is 0.251 e. The van der Waals surface area contributed by atoms with Crippen LogP contribution in [0.25, 0.3) is 0 Å². The molecule has 3 aliphatic heterocycles. The second-order valence-corrected chi connectivity index (χ2v) is 9.04. The number of nitrogens with zero attached hydrogens (tertiary/aromatic N) is 4. The number of likely N-dealkylation sites (N-methyl/N-ethyl adjacent to an activating group) is 1. The number of amides is 3. The van der Waals surface area contributed by atoms with Crippen LogP contribution in [0.3, 0.4) is 0 Å². The highest BCUT2D eigenvalue weighted by Gasteiger charge is 2.36. The molecular formula is C22H28ClN7O4. The molecule has 6 bridgehead atoms. The molecule has 3 amide bonds. The zero-order valence-electron chi connectivity index (χ0n) is 19.1. The quantitative estimate of drug-likeness (QED) is 0.486. The van der Waals surface area contributed by atoms with E-state index in [9.17, 15) is 14.4 Å². The predicted octanol–water partition coefficient (Wildman–Crippen LogP) is 0.338. The van der Waals surface area contributed by atoms with Crippen molar-refractivity contribution >= 4 is 29.3 Å². The lowest BCUT2D eigenvalue weighted by Gasteiger charge is -2.21. The highest BCUT2D eigenvalue weighted by molar-refractivity contribution is 6.32. The van der Waals surface area contributed by atoms with Gasteiger partial charge in [0.1, 0.15) is 17.5 Å². The third-order valence-electron chi connectivity index (χ3n) is 5.95. The van der Waals surface area contributed by atoms with E-state index in [4.69, 9.17) is 16.3 Å². The summed E-state index contributed by atoms with van der Waals surface area (Å²) < 4.78 is 7.42. The van der Waals surface area contributed by atoms with E-state index in [0.717, 1.165) is 0 Å². The van der Waals surface area contributed by atoms with Gasteiger partial charge in [-0.3, -0.25) is 24.0 Å². The molecule has 5 rings (SSSR count). The van der Waals surface area contributed by atoms with E-state index in [-0.39, 0.29) is 30.3 Å². The van der Waals surface area contributed by atoms with Gasteiger partial charge in [-0.25, -0.2) is 0 Å². The van der Waals surface area contributed by atoms with E-state index in [0.29, 0.717) is 54.6 Å². The van der Waals surface area contributed by atoms with Gasteiger partial charge in [-0.05, 0) is 38.6 Å². The Kier molecular flexibility index (Phi) is 7.32. The fraction of sp³-hybridized carbons (Fsp3) is 0.500. The summed E-state index contributed by atoms with van der Waals surface area (Å²) in [5.74, 6) is -0.359. The van der Waals surface area contributed by atoms with E-state index in [1.54, 1.807) is 36.0 Å². The molecular weight excluding hydrogens is 462 g/mol. The van der Waals surface area contributed by atoms with Gasteiger partial charge in [0.15, 0.2) is 0 Å². The molecule has 34 heavy (non-hydrogen) atoms. The van der Waals surface area contributed by atoms with Crippen molar-refractivity contribution in [1.82, 2.24) is 35.8 Å². The fourth-order valence-electron chi connectivity index (χ4n) is 4.08. The van der Waals surface area contributed by atoms with Crippen molar-refractivity contribution in [3.63, 3.8) is 0 Å². The van der Waals surface area contributed by atoms with Crippen LogP contribution in [0.4, 0.5) is 0 Å². The summed E-state index contributed by atoms with van der Waals surface area (Å²) in [7, 11) is 1.81. The number of benzene rings is 1. The monoisotopic (exact) mass is 489 g/mol. The Morgan fingerprint density at radius 1 is 1.18 bits per heavy atom. The number of hydrogen-bond acceptors (Lipinski definition) is 7. The van der Waals surface area contributed by atoms with Crippen LogP contribution in [-0.2, 0) is 22.7 Å². The maximum absolute atomic E-state index is 12.8. The normalized spacial score (nSPS) is 24.9. The Labute approximate surface area is 202 Å². The maximum atomic E-state index is 12.8. The fourth-order valence-corrected chi connectivity index (χ4v) is 4.32. The third kappa shape index (κ3) is 5.65. The molecule has 3 atom stereocenters. The van der Waals surface area contributed by atoms with Gasteiger partial charge < -0.3 is 20.7 Å². The van der Waals surface area contributed by atoms with Crippen LogP contribution in [0, 0.1) is 0 Å². The number of rotatable bonds is 0. The van der Waals surface area contributed by atoms with Crippen molar-refractivity contribution in [2.45, 2.75) is 51.0 Å². The zero-order valence-corrected chi connectivity index (χ0v) is 19.8. The largest absolute Gasteiger partial charge is 0.492 e. The Bertz CT molecular complexity index is 1080. The van der Waals surface area contributed by atoms with E-state index >= 15 is 0 Å². The van der Waals surface area contributed by atoms with Crippen LogP contribution in [0.15, 0.2) is 24.4 Å². The maximum Gasteiger partial charge on any atom is 0.251 e. The Hall–Kier alpha value is -3.18. The van der Waals surface area contributed by atoms with Crippen LogP contribution < -0.4 is 20.7 Å². The van der Waals surface area contributed by atoms with Crippen molar-refractivity contribution < 1.29 is 19.1 Å². The average molecular weight is 490 g/mol. The highest BCUT2D eigenvalue weighted by atomic mass is 35.5. The molecule has 0 unspecified atom stereocenters. The Balaban J connectivity index is 1.51. The molecule has 3 aliphatic rings. The van der Waals surface area contributed by atoms with Crippen molar-refractivity contribution in [3.05, 3.63) is 40.7 Å². The summed E-state index contributed by atoms with van der Waals surface area (Å²) in [5.41, 5.74) is 1.03. The first-order chi connectivity index (χ1) is 16.3. The van der Waals surface area contributed by atoms with Gasteiger partial charge in [0, 0.05) is 31.1 Å². The van der Waals surface area contributed by atoms with Gasteiger partial charge in [-0.15, -0.1) is 5.10 Å². The average Bonchev–Trinajstić information content (AvgIpc) is 3.41. The Morgan fingerprint density at radius 2 is 2.00 bits per heavy atom. The second kappa shape index (κ2) is 10.4. The number of carbonyl (C=O) groups excluding carboxylic acids is 3. The van der Waals surface area contributed by atoms with E-state index < -0.39 is 12.1 Å². The predicted molar refractivity (Wildman–Crippen MR) is 123 cm³/mol. The number of aromatic nitrogens is 3. The first-order valence-electron chi connectivity index (χ1n) is 11.2. The number of carbonyl (C=O) groups is 3. The number of likely N-dealkylation sites (tertiary alicyclic amines) is 1. The molecule has 0 saturated carbocycles. The number of ether oxygens (including phenoxy) is 1. The van der Waals surface area contributed by atoms with E-state index in [1.807, 2.05) is 11.9 Å². The van der Waals surface area contributed by atoms with Crippen LogP contribution >= 0.6 is 11.6 Å². The first-order valence-corrected chi connectivity index (χ1v) is 11.6. The molecule has 2 aromatic rings. The van der Waals surface area contributed by atoms with Crippen LogP contribution in [0.1, 0.15) is 35.8 Å². The van der Waals surface area contributed by atoms with Crippen molar-refractivity contribution in [3.8, 4) is 5.75 Å². The molecule has 1 aromatic carbocycles. The molecule has 1 aromatic heterocycles. The lowest BCUT2D eigenvalue weighted by Crippen LogP contribution is -2.50. The van der Waals surface area contributed by atoms with Gasteiger partial charge in [0.2, 0.25) is 11.8 Å².